The van der Waals surface area contributed by atoms with Crippen LogP contribution in [0.4, 0.5) is 9.18 Å². The quantitative estimate of drug-likeness (QED) is 0.611. The van der Waals surface area contributed by atoms with Crippen LogP contribution < -0.4 is 0 Å². The molecule has 2 aliphatic rings. The van der Waals surface area contributed by atoms with Crippen LogP contribution in [0.5, 0.6) is 0 Å². The van der Waals surface area contributed by atoms with Gasteiger partial charge in [-0.1, -0.05) is 49.0 Å². The van der Waals surface area contributed by atoms with Gasteiger partial charge in [0, 0.05) is 5.92 Å². The summed E-state index contributed by atoms with van der Waals surface area (Å²) in [5, 5.41) is 0.314. The molecular formula is C22H29FN2O5S. The predicted molar refractivity (Wildman–Crippen MR) is 117 cm³/mol. The molecule has 5 atom stereocenters. The van der Waals surface area contributed by atoms with Gasteiger partial charge in [0.1, 0.15) is 36.1 Å². The molecule has 1 amide bonds. The largest absolute Gasteiger partial charge is 0.443 e. The molecule has 7 nitrogen and oxygen atoms in total. The highest BCUT2D eigenvalue weighted by Crippen LogP contribution is 2.41. The van der Waals surface area contributed by atoms with Gasteiger partial charge in [0.05, 0.1) is 19.3 Å². The van der Waals surface area contributed by atoms with Crippen molar-refractivity contribution in [2.45, 2.75) is 63.6 Å². The molecule has 2 heterocycles. The summed E-state index contributed by atoms with van der Waals surface area (Å²) in [6, 6.07) is 9.28. The molecule has 0 aliphatic carbocycles. The third-order valence-electron chi connectivity index (χ3n) is 5.00. The number of amides is 1. The molecule has 9 heteroatoms. The highest BCUT2D eigenvalue weighted by Gasteiger charge is 2.49. The Kier molecular flexibility index (Phi) is 7.72. The van der Waals surface area contributed by atoms with Gasteiger partial charge in [0.15, 0.2) is 5.17 Å². The smallest absolute Gasteiger partial charge is 0.416 e. The van der Waals surface area contributed by atoms with Crippen molar-refractivity contribution in [1.29, 1.82) is 0 Å². The van der Waals surface area contributed by atoms with Crippen molar-refractivity contribution in [3.8, 4) is 0 Å². The number of alkyl halides is 1. The van der Waals surface area contributed by atoms with E-state index in [0.717, 1.165) is 11.8 Å². The third-order valence-corrected chi connectivity index (χ3v) is 6.16. The van der Waals surface area contributed by atoms with Crippen molar-refractivity contribution in [3.05, 3.63) is 35.9 Å². The topological polar surface area (TPSA) is 77.4 Å². The van der Waals surface area contributed by atoms with Crippen LogP contribution in [0.1, 0.15) is 33.3 Å². The minimum Gasteiger partial charge on any atom is -0.443 e. The summed E-state index contributed by atoms with van der Waals surface area (Å²) >= 11 is 1.19. The standard InChI is InChI=1S/C22H29FN2O5S/c1-14-16(12-26)29-19-17(18(14)28-13-15-8-6-5-7-9-15)24-20(31-19)25(11-10-23)21(27)30-22(2,3)4/h5-9,12,14,16-19H,10-11,13H2,1-4H3/t14-,16-,17-,18+,19-/m1/s1. The second-order valence-electron chi connectivity index (χ2n) is 8.57. The number of thioether (sulfide) groups is 1. The first-order valence-electron chi connectivity index (χ1n) is 10.3. The second-order valence-corrected chi connectivity index (χ2v) is 9.63. The fourth-order valence-corrected chi connectivity index (χ4v) is 4.70. The Morgan fingerprint density at radius 2 is 2.03 bits per heavy atom. The molecule has 0 aromatic heterocycles. The number of fused-ring (bicyclic) bond motifs is 1. The molecule has 1 saturated heterocycles. The lowest BCUT2D eigenvalue weighted by molar-refractivity contribution is -0.150. The molecule has 1 fully saturated rings. The van der Waals surface area contributed by atoms with Crippen LogP contribution in [0.2, 0.25) is 0 Å². The summed E-state index contributed by atoms with van der Waals surface area (Å²) in [5.74, 6) is -0.234. The van der Waals surface area contributed by atoms with E-state index >= 15 is 0 Å². The Morgan fingerprint density at radius 1 is 1.32 bits per heavy atom. The van der Waals surface area contributed by atoms with E-state index < -0.39 is 42.1 Å². The molecule has 3 rings (SSSR count). The van der Waals surface area contributed by atoms with Gasteiger partial charge in [-0.2, -0.15) is 0 Å². The number of hydrogen-bond acceptors (Lipinski definition) is 7. The van der Waals surface area contributed by atoms with Crippen LogP contribution in [0.25, 0.3) is 0 Å². The Hall–Kier alpha value is -1.97. The van der Waals surface area contributed by atoms with Gasteiger partial charge < -0.3 is 19.0 Å². The van der Waals surface area contributed by atoms with Crippen LogP contribution >= 0.6 is 11.8 Å². The summed E-state index contributed by atoms with van der Waals surface area (Å²) in [4.78, 5) is 30.1. The van der Waals surface area contributed by atoms with E-state index in [0.29, 0.717) is 11.8 Å². The summed E-state index contributed by atoms with van der Waals surface area (Å²) in [5.41, 5.74) is -0.230. The summed E-state index contributed by atoms with van der Waals surface area (Å²) < 4.78 is 30.7. The van der Waals surface area contributed by atoms with Crippen LogP contribution in [0.3, 0.4) is 0 Å². The maximum Gasteiger partial charge on any atom is 0.416 e. The van der Waals surface area contributed by atoms with Gasteiger partial charge in [-0.3, -0.25) is 9.89 Å². The first kappa shape index (κ1) is 23.7. The molecular weight excluding hydrogens is 423 g/mol. The number of halogens is 1. The predicted octanol–water partition coefficient (Wildman–Crippen LogP) is 3.81. The average Bonchev–Trinajstić information content (AvgIpc) is 3.13. The van der Waals surface area contributed by atoms with Crippen LogP contribution in [0, 0.1) is 5.92 Å². The first-order valence-corrected chi connectivity index (χ1v) is 11.2. The monoisotopic (exact) mass is 452 g/mol. The summed E-state index contributed by atoms with van der Waals surface area (Å²) in [6.45, 7) is 6.56. The van der Waals surface area contributed by atoms with E-state index in [4.69, 9.17) is 14.2 Å². The summed E-state index contributed by atoms with van der Waals surface area (Å²) in [7, 11) is 0. The van der Waals surface area contributed by atoms with Crippen molar-refractivity contribution in [2.75, 3.05) is 13.2 Å². The van der Waals surface area contributed by atoms with Crippen molar-refractivity contribution in [2.24, 2.45) is 10.9 Å². The van der Waals surface area contributed by atoms with E-state index in [1.165, 1.54) is 16.7 Å². The van der Waals surface area contributed by atoms with Crippen molar-refractivity contribution in [1.82, 2.24) is 4.90 Å². The lowest BCUT2D eigenvalue weighted by Crippen LogP contribution is -2.51. The normalized spacial score (nSPS) is 27.9. The van der Waals surface area contributed by atoms with Crippen molar-refractivity contribution < 1.29 is 28.2 Å². The van der Waals surface area contributed by atoms with Crippen LogP contribution in [-0.4, -0.2) is 65.0 Å². The molecule has 0 unspecified atom stereocenters. The number of aliphatic imine (C=N–C) groups is 1. The number of rotatable bonds is 6. The lowest BCUT2D eigenvalue weighted by atomic mass is 9.90. The molecule has 31 heavy (non-hydrogen) atoms. The van der Waals surface area contributed by atoms with E-state index in [-0.39, 0.29) is 12.5 Å². The summed E-state index contributed by atoms with van der Waals surface area (Å²) in [6.07, 6.45) is -0.951. The zero-order valence-electron chi connectivity index (χ0n) is 18.2. The van der Waals surface area contributed by atoms with Gasteiger partial charge in [-0.15, -0.1) is 0 Å². The van der Waals surface area contributed by atoms with Crippen LogP contribution in [0.15, 0.2) is 35.3 Å². The lowest BCUT2D eigenvalue weighted by Gasteiger charge is -2.39. The van der Waals surface area contributed by atoms with Crippen molar-refractivity contribution in [3.63, 3.8) is 0 Å². The molecule has 0 spiro atoms. The number of ether oxygens (including phenoxy) is 3. The number of hydrogen-bond donors (Lipinski definition) is 0. The van der Waals surface area contributed by atoms with Gasteiger partial charge in [0.25, 0.3) is 0 Å². The third kappa shape index (κ3) is 5.84. The van der Waals surface area contributed by atoms with Gasteiger partial charge >= 0.3 is 6.09 Å². The van der Waals surface area contributed by atoms with Crippen LogP contribution in [-0.2, 0) is 25.6 Å². The number of carbonyl (C=O) groups is 2. The maximum atomic E-state index is 13.2. The van der Waals surface area contributed by atoms with Gasteiger partial charge in [-0.25, -0.2) is 9.18 Å². The number of amidine groups is 1. The Morgan fingerprint density at radius 3 is 2.65 bits per heavy atom. The minimum absolute atomic E-state index is 0.178. The second kappa shape index (κ2) is 10.1. The SMILES string of the molecule is C[C@H]1[C@H](OCc2ccccc2)[C@H]2N=C(N(CCF)C(=O)OC(C)(C)C)S[C@H]2O[C@@H]1C=O. The van der Waals surface area contributed by atoms with E-state index in [9.17, 15) is 14.0 Å². The molecule has 0 saturated carbocycles. The number of benzene rings is 1. The maximum absolute atomic E-state index is 13.2. The highest BCUT2D eigenvalue weighted by atomic mass is 32.2. The fraction of sp³-hybridized carbons (Fsp3) is 0.591. The molecule has 0 radical (unpaired) electrons. The number of carbonyl (C=O) groups excluding carboxylic acids is 2. The Labute approximate surface area is 186 Å². The zero-order valence-corrected chi connectivity index (χ0v) is 19.0. The Balaban J connectivity index is 1.81. The van der Waals surface area contributed by atoms with E-state index in [2.05, 4.69) is 4.99 Å². The molecule has 2 aliphatic heterocycles. The highest BCUT2D eigenvalue weighted by molar-refractivity contribution is 8.14. The first-order chi connectivity index (χ1) is 14.7. The number of aldehydes is 1. The Bertz CT molecular complexity index is 801. The number of nitrogens with zero attached hydrogens (tertiary/aromatic N) is 2. The van der Waals surface area contributed by atoms with Crippen molar-refractivity contribution >= 4 is 29.3 Å². The average molecular weight is 453 g/mol. The van der Waals surface area contributed by atoms with Gasteiger partial charge in [0.2, 0.25) is 0 Å². The van der Waals surface area contributed by atoms with Gasteiger partial charge in [-0.05, 0) is 26.3 Å². The molecule has 1 aromatic rings. The zero-order chi connectivity index (χ0) is 22.6. The molecule has 0 bridgehead atoms. The molecule has 170 valence electrons. The fourth-order valence-electron chi connectivity index (χ4n) is 3.48. The molecule has 0 N–H and O–H groups in total. The van der Waals surface area contributed by atoms with E-state index in [1.807, 2.05) is 37.3 Å². The molecule has 1 aromatic carbocycles. The van der Waals surface area contributed by atoms with E-state index in [1.54, 1.807) is 20.8 Å². The minimum atomic E-state index is -0.740.